The molecule has 0 amide bonds. The molecule has 3 heteroatoms. The molecule has 1 aliphatic rings. The van der Waals surface area contributed by atoms with Gasteiger partial charge < -0.3 is 5.32 Å². The molecule has 3 N–H and O–H groups in total. The summed E-state index contributed by atoms with van der Waals surface area (Å²) < 4.78 is -0.526. The molecule has 2 nitrogen and oxygen atoms in total. The van der Waals surface area contributed by atoms with Crippen LogP contribution in [0.5, 0.6) is 0 Å². The van der Waals surface area contributed by atoms with Crippen LogP contribution in [0.4, 0.5) is 0 Å². The molecule has 1 heterocycles. The lowest BCUT2D eigenvalue weighted by Gasteiger charge is -2.25. The van der Waals surface area contributed by atoms with E-state index in [9.17, 15) is 0 Å². The van der Waals surface area contributed by atoms with E-state index in [-0.39, 0.29) is 0 Å². The Morgan fingerprint density at radius 1 is 1.78 bits per heavy atom. The van der Waals surface area contributed by atoms with Crippen LogP contribution in [0, 0.1) is 0 Å². The molecule has 0 spiro atoms. The highest BCUT2D eigenvalue weighted by Gasteiger charge is 2.21. The van der Waals surface area contributed by atoms with Crippen LogP contribution in [0.25, 0.3) is 0 Å². The van der Waals surface area contributed by atoms with Crippen LogP contribution in [0.2, 0.25) is 0 Å². The highest BCUT2D eigenvalue weighted by atomic mass is 79.9. The first-order chi connectivity index (χ1) is 4.13. The Morgan fingerprint density at radius 2 is 2.44 bits per heavy atom. The first kappa shape index (κ1) is 6.83. The normalized spacial score (nSPS) is 33.4. The van der Waals surface area contributed by atoms with Gasteiger partial charge in [-0.05, 0) is 40.7 Å². The highest BCUT2D eigenvalue weighted by molar-refractivity contribution is 9.10. The van der Waals surface area contributed by atoms with E-state index in [4.69, 9.17) is 5.73 Å². The number of hydrogen-bond acceptors (Lipinski definition) is 2. The van der Waals surface area contributed by atoms with Gasteiger partial charge in [-0.25, -0.2) is 0 Å². The van der Waals surface area contributed by atoms with E-state index in [0.717, 1.165) is 5.57 Å². The minimum Gasteiger partial charge on any atom is -0.361 e. The van der Waals surface area contributed by atoms with Crippen LogP contribution in [0.15, 0.2) is 23.9 Å². The van der Waals surface area contributed by atoms with Gasteiger partial charge in [-0.2, -0.15) is 0 Å². The molecule has 0 aliphatic carbocycles. The number of allylic oxidation sites excluding steroid dienone is 2. The van der Waals surface area contributed by atoms with Crippen molar-refractivity contribution >= 4 is 15.9 Å². The second-order valence-corrected chi connectivity index (χ2v) is 3.32. The van der Waals surface area contributed by atoms with E-state index >= 15 is 0 Å². The SMILES string of the molecule is CC1=CC=CN[C@]1(N)Br. The zero-order chi connectivity index (χ0) is 6.91. The van der Waals surface area contributed by atoms with Crippen LogP contribution in [-0.4, -0.2) is 4.57 Å². The number of rotatable bonds is 0. The smallest absolute Gasteiger partial charge is 0.165 e. The molecule has 0 aromatic rings. The number of halogens is 1. The fourth-order valence-electron chi connectivity index (χ4n) is 0.597. The van der Waals surface area contributed by atoms with Crippen LogP contribution >= 0.6 is 15.9 Å². The van der Waals surface area contributed by atoms with Gasteiger partial charge in [-0.3, -0.25) is 5.73 Å². The van der Waals surface area contributed by atoms with Crippen molar-refractivity contribution < 1.29 is 0 Å². The molecular formula is C6H9BrN2. The molecule has 0 unspecified atom stereocenters. The number of alkyl halides is 1. The van der Waals surface area contributed by atoms with Gasteiger partial charge in [0.2, 0.25) is 0 Å². The Hall–Kier alpha value is -0.280. The topological polar surface area (TPSA) is 38.0 Å². The third-order valence-corrected chi connectivity index (χ3v) is 2.16. The van der Waals surface area contributed by atoms with Gasteiger partial charge in [0.05, 0.1) is 0 Å². The number of dihydropyridines is 1. The number of hydrogen-bond donors (Lipinski definition) is 2. The average Bonchev–Trinajstić information content (AvgIpc) is 1.77. The number of nitrogens with one attached hydrogen (secondary N) is 1. The Labute approximate surface area is 62.9 Å². The summed E-state index contributed by atoms with van der Waals surface area (Å²) in [5.74, 6) is 0. The maximum Gasteiger partial charge on any atom is 0.165 e. The number of nitrogens with two attached hydrogens (primary N) is 1. The second-order valence-electron chi connectivity index (χ2n) is 2.06. The van der Waals surface area contributed by atoms with Crippen molar-refractivity contribution in [3.8, 4) is 0 Å². The molecule has 0 fully saturated rings. The minimum absolute atomic E-state index is 0.526. The van der Waals surface area contributed by atoms with Crippen LogP contribution in [0.3, 0.4) is 0 Å². The van der Waals surface area contributed by atoms with Crippen LogP contribution in [0.1, 0.15) is 6.92 Å². The lowest BCUT2D eigenvalue weighted by molar-refractivity contribution is 0.642. The minimum atomic E-state index is -0.526. The standard InChI is InChI=1S/C6H9BrN2/c1-5-3-2-4-9-6(5,7)8/h2-4,9H,8H2,1H3/t6-/m0/s1. The van der Waals surface area contributed by atoms with Gasteiger partial charge >= 0.3 is 0 Å². The zero-order valence-electron chi connectivity index (χ0n) is 5.19. The van der Waals surface area contributed by atoms with Crippen LogP contribution in [-0.2, 0) is 0 Å². The maximum atomic E-state index is 5.71. The first-order valence-electron chi connectivity index (χ1n) is 2.72. The van der Waals surface area contributed by atoms with Crippen molar-refractivity contribution in [1.82, 2.24) is 5.32 Å². The quantitative estimate of drug-likeness (QED) is 0.441. The summed E-state index contributed by atoms with van der Waals surface area (Å²) in [6.07, 6.45) is 5.69. The van der Waals surface area contributed by atoms with Gasteiger partial charge in [0.1, 0.15) is 0 Å². The molecule has 9 heavy (non-hydrogen) atoms. The van der Waals surface area contributed by atoms with Gasteiger partial charge in [0.15, 0.2) is 4.57 Å². The van der Waals surface area contributed by atoms with Crippen LogP contribution < -0.4 is 11.1 Å². The van der Waals surface area contributed by atoms with E-state index in [2.05, 4.69) is 21.2 Å². The predicted octanol–water partition coefficient (Wildman–Crippen LogP) is 1.06. The summed E-state index contributed by atoms with van der Waals surface area (Å²) in [6, 6.07) is 0. The molecule has 1 aliphatic heterocycles. The Bertz CT molecular complexity index is 170. The molecule has 0 aromatic heterocycles. The van der Waals surface area contributed by atoms with E-state index in [1.54, 1.807) is 0 Å². The maximum absolute atomic E-state index is 5.71. The van der Waals surface area contributed by atoms with Gasteiger partial charge in [-0.15, -0.1) is 0 Å². The third kappa shape index (κ3) is 1.34. The van der Waals surface area contributed by atoms with E-state index in [1.165, 1.54) is 0 Å². The van der Waals surface area contributed by atoms with Gasteiger partial charge in [-0.1, -0.05) is 6.08 Å². The van der Waals surface area contributed by atoms with Gasteiger partial charge in [0, 0.05) is 0 Å². The molecular weight excluding hydrogens is 180 g/mol. The summed E-state index contributed by atoms with van der Waals surface area (Å²) in [5.41, 5.74) is 6.78. The van der Waals surface area contributed by atoms with Crippen molar-refractivity contribution in [3.63, 3.8) is 0 Å². The molecule has 0 bridgehead atoms. The summed E-state index contributed by atoms with van der Waals surface area (Å²) in [6.45, 7) is 1.96. The van der Waals surface area contributed by atoms with Crippen molar-refractivity contribution in [2.45, 2.75) is 11.5 Å². The van der Waals surface area contributed by atoms with E-state index in [0.29, 0.717) is 0 Å². The largest absolute Gasteiger partial charge is 0.361 e. The summed E-state index contributed by atoms with van der Waals surface area (Å²) >= 11 is 3.30. The summed E-state index contributed by atoms with van der Waals surface area (Å²) in [7, 11) is 0. The lowest BCUT2D eigenvalue weighted by Crippen LogP contribution is -2.47. The molecule has 0 aromatic carbocycles. The van der Waals surface area contributed by atoms with Crippen molar-refractivity contribution in [1.29, 1.82) is 0 Å². The van der Waals surface area contributed by atoms with E-state index in [1.807, 2.05) is 25.3 Å². The average molecular weight is 189 g/mol. The fourth-order valence-corrected chi connectivity index (χ4v) is 0.861. The monoisotopic (exact) mass is 188 g/mol. The predicted molar refractivity (Wildman–Crippen MR) is 41.9 cm³/mol. The molecule has 1 atom stereocenters. The first-order valence-corrected chi connectivity index (χ1v) is 3.51. The Kier molecular flexibility index (Phi) is 1.64. The molecule has 50 valence electrons. The molecule has 0 saturated carbocycles. The molecule has 0 radical (unpaired) electrons. The second kappa shape index (κ2) is 2.15. The summed E-state index contributed by atoms with van der Waals surface area (Å²) in [4.78, 5) is 0. The van der Waals surface area contributed by atoms with Gasteiger partial charge in [0.25, 0.3) is 0 Å². The van der Waals surface area contributed by atoms with Crippen molar-refractivity contribution in [2.24, 2.45) is 5.73 Å². The van der Waals surface area contributed by atoms with E-state index < -0.39 is 4.57 Å². The Balaban J connectivity index is 2.83. The van der Waals surface area contributed by atoms with Crippen molar-refractivity contribution in [3.05, 3.63) is 23.9 Å². The zero-order valence-corrected chi connectivity index (χ0v) is 6.77. The lowest BCUT2D eigenvalue weighted by atomic mass is 10.2. The molecule has 0 saturated heterocycles. The molecule has 1 rings (SSSR count). The third-order valence-electron chi connectivity index (χ3n) is 1.31. The summed E-state index contributed by atoms with van der Waals surface area (Å²) in [5, 5.41) is 2.95. The van der Waals surface area contributed by atoms with Crippen molar-refractivity contribution in [2.75, 3.05) is 0 Å². The Morgan fingerprint density at radius 3 is 2.78 bits per heavy atom. The highest BCUT2D eigenvalue weighted by Crippen LogP contribution is 2.19. The fraction of sp³-hybridized carbons (Fsp3) is 0.333.